The summed E-state index contributed by atoms with van der Waals surface area (Å²) in [6.07, 6.45) is 3.06. The number of carbonyl (C=O) groups excluding carboxylic acids is 1. The minimum atomic E-state index is -0.193. The third-order valence-electron chi connectivity index (χ3n) is 5.58. The van der Waals surface area contributed by atoms with Crippen LogP contribution in [0, 0.1) is 0 Å². The summed E-state index contributed by atoms with van der Waals surface area (Å²) in [6, 6.07) is 18.2. The van der Waals surface area contributed by atoms with E-state index in [1.807, 2.05) is 42.2 Å². The van der Waals surface area contributed by atoms with Gasteiger partial charge in [-0.25, -0.2) is 0 Å². The van der Waals surface area contributed by atoms with Crippen LogP contribution in [0.2, 0.25) is 0 Å². The Balaban J connectivity index is 1.58. The van der Waals surface area contributed by atoms with Crippen LogP contribution < -0.4 is 4.74 Å². The Kier molecular flexibility index (Phi) is 6.92. The van der Waals surface area contributed by atoms with Crippen LogP contribution >= 0.6 is 11.8 Å². The number of aromatic nitrogens is 3. The van der Waals surface area contributed by atoms with E-state index in [2.05, 4.69) is 39.0 Å². The summed E-state index contributed by atoms with van der Waals surface area (Å²) < 4.78 is 7.42. The van der Waals surface area contributed by atoms with E-state index in [1.54, 1.807) is 7.11 Å². The smallest absolute Gasteiger partial charge is 0.235 e. The average molecular weight is 437 g/mol. The molecule has 1 amide bonds. The fraction of sp³-hybridized carbons (Fsp3) is 0.375. The summed E-state index contributed by atoms with van der Waals surface area (Å²) >= 11 is 1.50. The predicted molar refractivity (Wildman–Crippen MR) is 123 cm³/mol. The van der Waals surface area contributed by atoms with Crippen LogP contribution in [0.15, 0.2) is 59.8 Å². The largest absolute Gasteiger partial charge is 0.497 e. The molecule has 31 heavy (non-hydrogen) atoms. The Hall–Kier alpha value is -2.80. The molecule has 1 fully saturated rings. The third-order valence-corrected chi connectivity index (χ3v) is 6.65. The van der Waals surface area contributed by atoms with E-state index >= 15 is 0 Å². The zero-order chi connectivity index (χ0) is 21.6. The number of carbonyl (C=O) groups is 1. The van der Waals surface area contributed by atoms with E-state index in [4.69, 9.17) is 4.74 Å². The first-order valence-electron chi connectivity index (χ1n) is 10.7. The van der Waals surface area contributed by atoms with Gasteiger partial charge in [-0.2, -0.15) is 0 Å². The Bertz CT molecular complexity index is 998. The number of nitrogens with zero attached hydrogens (tertiary/aromatic N) is 4. The number of hydrogen-bond donors (Lipinski definition) is 0. The number of thioether (sulfide) groups is 1. The lowest BCUT2D eigenvalue weighted by atomic mass is 10.1. The monoisotopic (exact) mass is 436 g/mol. The number of benzene rings is 2. The van der Waals surface area contributed by atoms with Crippen molar-refractivity contribution < 1.29 is 9.53 Å². The number of hydrogen-bond acceptors (Lipinski definition) is 5. The van der Waals surface area contributed by atoms with E-state index < -0.39 is 0 Å². The van der Waals surface area contributed by atoms with Crippen molar-refractivity contribution in [3.63, 3.8) is 0 Å². The second kappa shape index (κ2) is 10.0. The molecule has 1 aliphatic rings. The molecular formula is C24H28N4O2S. The highest BCUT2D eigenvalue weighted by Gasteiger charge is 2.26. The topological polar surface area (TPSA) is 60.3 Å². The Morgan fingerprint density at radius 2 is 1.77 bits per heavy atom. The number of aryl methyl sites for hydroxylation is 1. The van der Waals surface area contributed by atoms with Crippen molar-refractivity contribution in [1.29, 1.82) is 0 Å². The van der Waals surface area contributed by atoms with Gasteiger partial charge in [0, 0.05) is 25.2 Å². The molecule has 0 N–H and O–H groups in total. The van der Waals surface area contributed by atoms with Gasteiger partial charge in [0.2, 0.25) is 5.91 Å². The lowest BCUT2D eigenvalue weighted by molar-refractivity contribution is -0.129. The van der Waals surface area contributed by atoms with Crippen LogP contribution in [0.25, 0.3) is 11.4 Å². The van der Waals surface area contributed by atoms with Crippen LogP contribution in [0.4, 0.5) is 0 Å². The zero-order valence-corrected chi connectivity index (χ0v) is 18.8. The normalized spacial score (nSPS) is 14.6. The molecule has 0 spiro atoms. The molecule has 1 saturated heterocycles. The van der Waals surface area contributed by atoms with Gasteiger partial charge in [-0.15, -0.1) is 10.2 Å². The van der Waals surface area contributed by atoms with Gasteiger partial charge < -0.3 is 14.2 Å². The minimum absolute atomic E-state index is 0.186. The molecule has 162 valence electrons. The Morgan fingerprint density at radius 1 is 1.06 bits per heavy atom. The maximum Gasteiger partial charge on any atom is 0.235 e. The predicted octanol–water partition coefficient (Wildman–Crippen LogP) is 4.30. The van der Waals surface area contributed by atoms with E-state index in [-0.39, 0.29) is 11.2 Å². The lowest BCUT2D eigenvalue weighted by Gasteiger charge is -2.20. The molecule has 0 radical (unpaired) electrons. The van der Waals surface area contributed by atoms with Gasteiger partial charge in [0.05, 0.1) is 12.4 Å². The van der Waals surface area contributed by atoms with Gasteiger partial charge in [-0.05, 0) is 56.0 Å². The average Bonchev–Trinajstić information content (AvgIpc) is 3.48. The van der Waals surface area contributed by atoms with Crippen LogP contribution in [-0.4, -0.2) is 51.0 Å². The second-order valence-corrected chi connectivity index (χ2v) is 9.02. The molecule has 2 aromatic carbocycles. The summed E-state index contributed by atoms with van der Waals surface area (Å²) in [5.74, 6) is 1.80. The molecule has 2 heterocycles. The van der Waals surface area contributed by atoms with E-state index in [0.29, 0.717) is 0 Å². The molecule has 6 nitrogen and oxygen atoms in total. The molecule has 1 aliphatic heterocycles. The molecule has 0 bridgehead atoms. The summed E-state index contributed by atoms with van der Waals surface area (Å²) in [4.78, 5) is 14.8. The minimum Gasteiger partial charge on any atom is -0.497 e. The summed E-state index contributed by atoms with van der Waals surface area (Å²) in [6.45, 7) is 4.43. The molecule has 1 aromatic heterocycles. The quantitative estimate of drug-likeness (QED) is 0.493. The van der Waals surface area contributed by atoms with Crippen LogP contribution in [0.3, 0.4) is 0 Å². The Labute approximate surface area is 187 Å². The lowest BCUT2D eigenvalue weighted by Crippen LogP contribution is -2.34. The first-order valence-corrected chi connectivity index (χ1v) is 11.6. The van der Waals surface area contributed by atoms with E-state index in [1.165, 1.54) is 17.3 Å². The molecule has 4 rings (SSSR count). The maximum absolute atomic E-state index is 12.8. The molecule has 0 unspecified atom stereocenters. The van der Waals surface area contributed by atoms with Crippen molar-refractivity contribution in [2.75, 3.05) is 20.2 Å². The highest BCUT2D eigenvalue weighted by molar-refractivity contribution is 8.00. The van der Waals surface area contributed by atoms with E-state index in [0.717, 1.165) is 61.2 Å². The van der Waals surface area contributed by atoms with Crippen LogP contribution in [0.1, 0.15) is 25.3 Å². The number of amides is 1. The van der Waals surface area contributed by atoms with Gasteiger partial charge in [-0.1, -0.05) is 42.1 Å². The second-order valence-electron chi connectivity index (χ2n) is 7.71. The van der Waals surface area contributed by atoms with Crippen molar-refractivity contribution in [3.05, 3.63) is 60.2 Å². The maximum atomic E-state index is 12.8. The van der Waals surface area contributed by atoms with Crippen LogP contribution in [-0.2, 0) is 17.8 Å². The summed E-state index contributed by atoms with van der Waals surface area (Å²) in [5.41, 5.74) is 2.24. The first kappa shape index (κ1) is 21.4. The highest BCUT2D eigenvalue weighted by Crippen LogP contribution is 2.29. The number of rotatable bonds is 8. The van der Waals surface area contributed by atoms with Gasteiger partial charge in [0.15, 0.2) is 11.0 Å². The molecule has 1 atom stereocenters. The van der Waals surface area contributed by atoms with Crippen molar-refractivity contribution in [1.82, 2.24) is 19.7 Å². The van der Waals surface area contributed by atoms with Gasteiger partial charge in [-0.3, -0.25) is 4.79 Å². The number of ether oxygens (including phenoxy) is 1. The standard InChI is InChI=1S/C24H28N4O2S/c1-18(23(29)27-15-6-7-16-27)31-24-26-25-22(20-10-12-21(30-2)13-11-20)28(24)17-14-19-8-4-3-5-9-19/h3-5,8-13,18H,6-7,14-17H2,1-2H3/t18-/m1/s1. The van der Waals surface area contributed by atoms with Gasteiger partial charge in [0.25, 0.3) is 0 Å². The number of likely N-dealkylation sites (tertiary alicyclic amines) is 1. The zero-order valence-electron chi connectivity index (χ0n) is 18.0. The fourth-order valence-corrected chi connectivity index (χ4v) is 4.78. The molecular weight excluding hydrogens is 408 g/mol. The van der Waals surface area contributed by atoms with E-state index in [9.17, 15) is 4.79 Å². The molecule has 3 aromatic rings. The van der Waals surface area contributed by atoms with Gasteiger partial charge in [0.1, 0.15) is 5.75 Å². The molecule has 0 saturated carbocycles. The fourth-order valence-electron chi connectivity index (χ4n) is 3.82. The number of methoxy groups -OCH3 is 1. The molecule has 7 heteroatoms. The van der Waals surface area contributed by atoms with Gasteiger partial charge >= 0.3 is 0 Å². The van der Waals surface area contributed by atoms with Crippen molar-refractivity contribution >= 4 is 17.7 Å². The third kappa shape index (κ3) is 5.10. The summed E-state index contributed by atoms with van der Waals surface area (Å²) in [7, 11) is 1.66. The van der Waals surface area contributed by atoms with Crippen LogP contribution in [0.5, 0.6) is 5.75 Å². The highest BCUT2D eigenvalue weighted by atomic mass is 32.2. The first-order chi connectivity index (χ1) is 15.2. The van der Waals surface area contributed by atoms with Crippen molar-refractivity contribution in [3.8, 4) is 17.1 Å². The Morgan fingerprint density at radius 3 is 2.45 bits per heavy atom. The van der Waals surface area contributed by atoms with Crippen molar-refractivity contribution in [2.45, 2.75) is 43.1 Å². The molecule has 0 aliphatic carbocycles. The SMILES string of the molecule is COc1ccc(-c2nnc(S[C@H](C)C(=O)N3CCCC3)n2CCc2ccccc2)cc1. The summed E-state index contributed by atoms with van der Waals surface area (Å²) in [5, 5.41) is 9.55. The van der Waals surface area contributed by atoms with Crippen molar-refractivity contribution in [2.24, 2.45) is 0 Å².